The molecule has 3 amide bonds. The molecule has 1 aromatic carbocycles. The second-order valence-electron chi connectivity index (χ2n) is 6.06. The fourth-order valence-corrected chi connectivity index (χ4v) is 2.90. The number of carbonyl (C=O) groups is 2. The molecule has 2 N–H and O–H groups in total. The fourth-order valence-electron chi connectivity index (χ4n) is 2.90. The Kier molecular flexibility index (Phi) is 5.02. The average Bonchev–Trinajstić information content (AvgIpc) is 3.26. The molecule has 7 heteroatoms. The van der Waals surface area contributed by atoms with Crippen LogP contribution in [0.15, 0.2) is 41.0 Å². The number of hydrogen-bond acceptors (Lipinski definition) is 3. The number of hydrogen-bond donors (Lipinski definition) is 2. The molecule has 6 nitrogen and oxygen atoms in total. The van der Waals surface area contributed by atoms with Gasteiger partial charge in [-0.3, -0.25) is 4.79 Å². The standard InChI is InChI=1S/C18H20FN3O3/c1-12-6-7-15(14(19)10-12)21-18(24)22-8-2-5-16(22)17(23)20-11-13-4-3-9-25-13/h3-4,6-7,9-10,16H,2,5,8,11H2,1H3,(H,20,23)(H,21,24)/t16-/m1/s1. The van der Waals surface area contributed by atoms with Crippen molar-refractivity contribution >= 4 is 17.6 Å². The van der Waals surface area contributed by atoms with Crippen LogP contribution < -0.4 is 10.6 Å². The SMILES string of the molecule is Cc1ccc(NC(=O)N2CCC[C@@H]2C(=O)NCc2ccco2)c(F)c1. The van der Waals surface area contributed by atoms with Gasteiger partial charge in [0.05, 0.1) is 18.5 Å². The van der Waals surface area contributed by atoms with E-state index in [9.17, 15) is 14.0 Å². The van der Waals surface area contributed by atoms with E-state index < -0.39 is 17.9 Å². The van der Waals surface area contributed by atoms with Crippen molar-refractivity contribution in [3.05, 3.63) is 53.7 Å². The smallest absolute Gasteiger partial charge is 0.322 e. The summed E-state index contributed by atoms with van der Waals surface area (Å²) in [4.78, 5) is 26.3. The topological polar surface area (TPSA) is 74.6 Å². The number of carbonyl (C=O) groups excluding carboxylic acids is 2. The first-order valence-corrected chi connectivity index (χ1v) is 8.18. The molecule has 1 aliphatic heterocycles. The number of anilines is 1. The van der Waals surface area contributed by atoms with Gasteiger partial charge in [0.1, 0.15) is 17.6 Å². The summed E-state index contributed by atoms with van der Waals surface area (Å²) in [5.41, 5.74) is 0.879. The van der Waals surface area contributed by atoms with E-state index in [1.54, 1.807) is 25.1 Å². The van der Waals surface area contributed by atoms with E-state index in [-0.39, 0.29) is 18.1 Å². The molecule has 2 heterocycles. The van der Waals surface area contributed by atoms with Gasteiger partial charge < -0.3 is 20.0 Å². The summed E-state index contributed by atoms with van der Waals surface area (Å²) in [5, 5.41) is 5.31. The summed E-state index contributed by atoms with van der Waals surface area (Å²) in [5.74, 6) is -0.0936. The Labute approximate surface area is 145 Å². The molecule has 2 aromatic rings. The van der Waals surface area contributed by atoms with Crippen molar-refractivity contribution in [2.45, 2.75) is 32.4 Å². The van der Waals surface area contributed by atoms with Gasteiger partial charge in [0.15, 0.2) is 0 Å². The van der Waals surface area contributed by atoms with E-state index in [1.165, 1.54) is 23.3 Å². The molecule has 0 bridgehead atoms. The Morgan fingerprint density at radius 2 is 2.20 bits per heavy atom. The minimum Gasteiger partial charge on any atom is -0.467 e. The van der Waals surface area contributed by atoms with Crippen LogP contribution in [0.1, 0.15) is 24.2 Å². The zero-order chi connectivity index (χ0) is 17.8. The van der Waals surface area contributed by atoms with Gasteiger partial charge in [-0.05, 0) is 49.6 Å². The molecule has 0 saturated carbocycles. The molecular formula is C18H20FN3O3. The zero-order valence-electron chi connectivity index (χ0n) is 13.9. The summed E-state index contributed by atoms with van der Waals surface area (Å²) in [6.07, 6.45) is 2.84. The number of amides is 3. The monoisotopic (exact) mass is 345 g/mol. The third kappa shape index (κ3) is 3.99. The van der Waals surface area contributed by atoms with Crippen LogP contribution in [-0.2, 0) is 11.3 Å². The van der Waals surface area contributed by atoms with Gasteiger partial charge in [-0.2, -0.15) is 0 Å². The molecule has 1 aliphatic rings. The lowest BCUT2D eigenvalue weighted by molar-refractivity contribution is -0.124. The van der Waals surface area contributed by atoms with E-state index >= 15 is 0 Å². The highest BCUT2D eigenvalue weighted by Crippen LogP contribution is 2.21. The van der Waals surface area contributed by atoms with Crippen LogP contribution in [0.2, 0.25) is 0 Å². The van der Waals surface area contributed by atoms with E-state index in [0.717, 1.165) is 12.0 Å². The molecule has 1 atom stereocenters. The summed E-state index contributed by atoms with van der Waals surface area (Å²) in [6, 6.07) is 7.06. The third-order valence-electron chi connectivity index (χ3n) is 4.20. The molecular weight excluding hydrogens is 325 g/mol. The molecule has 0 spiro atoms. The number of rotatable bonds is 4. The highest BCUT2D eigenvalue weighted by molar-refractivity contribution is 5.94. The molecule has 3 rings (SSSR count). The van der Waals surface area contributed by atoms with Crippen molar-refractivity contribution in [3.8, 4) is 0 Å². The van der Waals surface area contributed by atoms with E-state index in [0.29, 0.717) is 18.7 Å². The first-order valence-electron chi connectivity index (χ1n) is 8.18. The minimum absolute atomic E-state index is 0.109. The van der Waals surface area contributed by atoms with Crippen LogP contribution in [-0.4, -0.2) is 29.4 Å². The Morgan fingerprint density at radius 3 is 2.92 bits per heavy atom. The lowest BCUT2D eigenvalue weighted by atomic mass is 10.2. The largest absolute Gasteiger partial charge is 0.467 e. The summed E-state index contributed by atoms with van der Waals surface area (Å²) in [7, 11) is 0. The number of urea groups is 1. The first-order chi connectivity index (χ1) is 12.0. The molecule has 132 valence electrons. The quantitative estimate of drug-likeness (QED) is 0.894. The molecule has 25 heavy (non-hydrogen) atoms. The normalized spacial score (nSPS) is 16.7. The molecule has 1 aromatic heterocycles. The van der Waals surface area contributed by atoms with Gasteiger partial charge in [0.2, 0.25) is 5.91 Å². The fraction of sp³-hybridized carbons (Fsp3) is 0.333. The number of halogens is 1. The second-order valence-corrected chi connectivity index (χ2v) is 6.06. The van der Waals surface area contributed by atoms with Crippen LogP contribution in [0.4, 0.5) is 14.9 Å². The van der Waals surface area contributed by atoms with E-state index in [4.69, 9.17) is 4.42 Å². The predicted octanol–water partition coefficient (Wildman–Crippen LogP) is 3.04. The van der Waals surface area contributed by atoms with Gasteiger partial charge in [-0.25, -0.2) is 9.18 Å². The second kappa shape index (κ2) is 7.38. The zero-order valence-corrected chi connectivity index (χ0v) is 13.9. The van der Waals surface area contributed by atoms with E-state index in [1.807, 2.05) is 0 Å². The Balaban J connectivity index is 1.61. The van der Waals surface area contributed by atoms with E-state index in [2.05, 4.69) is 10.6 Å². The highest BCUT2D eigenvalue weighted by atomic mass is 19.1. The predicted molar refractivity (Wildman–Crippen MR) is 90.4 cm³/mol. The van der Waals surface area contributed by atoms with Gasteiger partial charge in [-0.1, -0.05) is 6.07 Å². The van der Waals surface area contributed by atoms with Crippen molar-refractivity contribution in [2.24, 2.45) is 0 Å². The number of furan rings is 1. The van der Waals surface area contributed by atoms with Crippen LogP contribution in [0.5, 0.6) is 0 Å². The van der Waals surface area contributed by atoms with Gasteiger partial charge in [0.25, 0.3) is 0 Å². The number of benzene rings is 1. The summed E-state index contributed by atoms with van der Waals surface area (Å²) >= 11 is 0. The van der Waals surface area contributed by atoms with Crippen LogP contribution in [0, 0.1) is 12.7 Å². The Bertz CT molecular complexity index is 761. The minimum atomic E-state index is -0.566. The highest BCUT2D eigenvalue weighted by Gasteiger charge is 2.34. The molecule has 0 aliphatic carbocycles. The molecule has 1 saturated heterocycles. The Hall–Kier alpha value is -2.83. The van der Waals surface area contributed by atoms with Crippen molar-refractivity contribution < 1.29 is 18.4 Å². The molecule has 0 radical (unpaired) electrons. The van der Waals surface area contributed by atoms with Gasteiger partial charge in [-0.15, -0.1) is 0 Å². The third-order valence-corrected chi connectivity index (χ3v) is 4.20. The molecule has 1 fully saturated rings. The lowest BCUT2D eigenvalue weighted by Crippen LogP contribution is -2.47. The van der Waals surface area contributed by atoms with Gasteiger partial charge in [0, 0.05) is 6.54 Å². The maximum Gasteiger partial charge on any atom is 0.322 e. The number of likely N-dealkylation sites (tertiary alicyclic amines) is 1. The average molecular weight is 345 g/mol. The van der Waals surface area contributed by atoms with Crippen molar-refractivity contribution in [1.82, 2.24) is 10.2 Å². The van der Waals surface area contributed by atoms with Crippen LogP contribution in [0.3, 0.4) is 0 Å². The number of nitrogens with one attached hydrogen (secondary N) is 2. The van der Waals surface area contributed by atoms with Crippen molar-refractivity contribution in [2.75, 3.05) is 11.9 Å². The first kappa shape index (κ1) is 17.0. The van der Waals surface area contributed by atoms with Crippen LogP contribution >= 0.6 is 0 Å². The maximum atomic E-state index is 13.9. The maximum absolute atomic E-state index is 13.9. The van der Waals surface area contributed by atoms with Crippen LogP contribution in [0.25, 0.3) is 0 Å². The number of nitrogens with zero attached hydrogens (tertiary/aromatic N) is 1. The lowest BCUT2D eigenvalue weighted by Gasteiger charge is -2.24. The molecule has 0 unspecified atom stereocenters. The summed E-state index contributed by atoms with van der Waals surface area (Å²) in [6.45, 7) is 2.50. The van der Waals surface area contributed by atoms with Crippen molar-refractivity contribution in [3.63, 3.8) is 0 Å². The Morgan fingerprint density at radius 1 is 1.36 bits per heavy atom. The number of aryl methyl sites for hydroxylation is 1. The van der Waals surface area contributed by atoms with Crippen molar-refractivity contribution in [1.29, 1.82) is 0 Å². The summed E-state index contributed by atoms with van der Waals surface area (Å²) < 4.78 is 19.1. The van der Waals surface area contributed by atoms with Gasteiger partial charge >= 0.3 is 6.03 Å².